The van der Waals surface area contributed by atoms with E-state index in [4.69, 9.17) is 0 Å². The molecule has 1 aliphatic rings. The Kier molecular flexibility index (Phi) is 1.72. The van der Waals surface area contributed by atoms with Gasteiger partial charge in [0.2, 0.25) is 0 Å². The first-order valence-corrected chi connectivity index (χ1v) is 4.67. The average molecular weight is 176 g/mol. The van der Waals surface area contributed by atoms with Crippen LogP contribution in [0.15, 0.2) is 18.2 Å². The smallest absolute Gasteiger partial charge is 0.0982 e. The van der Waals surface area contributed by atoms with Crippen molar-refractivity contribution in [3.05, 3.63) is 23.8 Å². The third kappa shape index (κ3) is 1.09. The summed E-state index contributed by atoms with van der Waals surface area (Å²) in [5.74, 6) is 0. The second-order valence-corrected chi connectivity index (χ2v) is 3.85. The fraction of sp³-hybridized carbons (Fsp3) is 0.455. The Morgan fingerprint density at radius 3 is 2.38 bits per heavy atom. The van der Waals surface area contributed by atoms with Crippen LogP contribution in [-0.2, 0) is 0 Å². The van der Waals surface area contributed by atoms with Gasteiger partial charge in [0.05, 0.1) is 17.5 Å². The minimum absolute atomic E-state index is 0.469. The maximum absolute atomic E-state index is 2.31. The van der Waals surface area contributed by atoms with Crippen molar-refractivity contribution >= 4 is 11.4 Å². The number of aryl methyl sites for hydroxylation is 1. The summed E-state index contributed by atoms with van der Waals surface area (Å²) in [6, 6.07) is 6.61. The normalized spacial score (nSPS) is 20.8. The zero-order valence-corrected chi connectivity index (χ0v) is 8.70. The summed E-state index contributed by atoms with van der Waals surface area (Å²) in [4.78, 5) is 4.61. The largest absolute Gasteiger partial charge is 0.353 e. The molecule has 0 N–H and O–H groups in total. The Morgan fingerprint density at radius 1 is 1.08 bits per heavy atom. The molecule has 0 fully saturated rings. The molecule has 13 heavy (non-hydrogen) atoms. The molecule has 2 rings (SSSR count). The predicted octanol–water partition coefficient (Wildman–Crippen LogP) is 2.23. The van der Waals surface area contributed by atoms with E-state index in [2.05, 4.69) is 55.9 Å². The van der Waals surface area contributed by atoms with Crippen LogP contribution in [0.1, 0.15) is 12.5 Å². The summed E-state index contributed by atoms with van der Waals surface area (Å²) in [6.07, 6.45) is 0.469. The summed E-state index contributed by atoms with van der Waals surface area (Å²) in [5.41, 5.74) is 4.00. The van der Waals surface area contributed by atoms with Crippen LogP contribution in [0.25, 0.3) is 0 Å². The molecule has 0 aliphatic carbocycles. The van der Waals surface area contributed by atoms with Crippen LogP contribution >= 0.6 is 0 Å². The monoisotopic (exact) mass is 176 g/mol. The second-order valence-electron chi connectivity index (χ2n) is 3.85. The molecule has 1 aromatic carbocycles. The van der Waals surface area contributed by atoms with E-state index in [1.807, 2.05) is 0 Å². The minimum Gasteiger partial charge on any atom is -0.353 e. The van der Waals surface area contributed by atoms with E-state index >= 15 is 0 Å². The molecule has 0 radical (unpaired) electrons. The van der Waals surface area contributed by atoms with Crippen molar-refractivity contribution in [3.8, 4) is 0 Å². The van der Waals surface area contributed by atoms with Gasteiger partial charge in [-0.1, -0.05) is 6.07 Å². The fourth-order valence-corrected chi connectivity index (χ4v) is 1.88. The van der Waals surface area contributed by atoms with E-state index in [-0.39, 0.29) is 0 Å². The minimum atomic E-state index is 0.469. The third-order valence-corrected chi connectivity index (χ3v) is 3.01. The highest BCUT2D eigenvalue weighted by Gasteiger charge is 2.26. The molecule has 1 unspecified atom stereocenters. The van der Waals surface area contributed by atoms with Crippen LogP contribution in [0.2, 0.25) is 0 Å². The van der Waals surface area contributed by atoms with Gasteiger partial charge in [-0.3, -0.25) is 0 Å². The molecule has 1 heterocycles. The highest BCUT2D eigenvalue weighted by atomic mass is 15.4. The Bertz CT molecular complexity index is 333. The Balaban J connectivity index is 2.54. The van der Waals surface area contributed by atoms with Crippen molar-refractivity contribution < 1.29 is 0 Å². The van der Waals surface area contributed by atoms with E-state index < -0.39 is 0 Å². The summed E-state index contributed by atoms with van der Waals surface area (Å²) in [7, 11) is 4.29. The third-order valence-electron chi connectivity index (χ3n) is 3.01. The number of benzene rings is 1. The summed E-state index contributed by atoms with van der Waals surface area (Å²) in [6.45, 7) is 4.35. The van der Waals surface area contributed by atoms with Crippen molar-refractivity contribution in [3.63, 3.8) is 0 Å². The lowest BCUT2D eigenvalue weighted by Gasteiger charge is -2.23. The van der Waals surface area contributed by atoms with Crippen molar-refractivity contribution in [2.75, 3.05) is 23.9 Å². The van der Waals surface area contributed by atoms with Gasteiger partial charge in [0, 0.05) is 14.1 Å². The highest BCUT2D eigenvalue weighted by Crippen LogP contribution is 2.37. The molecule has 1 aliphatic heterocycles. The highest BCUT2D eigenvalue weighted by molar-refractivity contribution is 5.77. The lowest BCUT2D eigenvalue weighted by molar-refractivity contribution is 0.710. The van der Waals surface area contributed by atoms with Crippen LogP contribution in [0.5, 0.6) is 0 Å². The van der Waals surface area contributed by atoms with Gasteiger partial charge in [-0.25, -0.2) is 0 Å². The van der Waals surface area contributed by atoms with E-state index in [0.717, 1.165) is 0 Å². The van der Waals surface area contributed by atoms with Crippen LogP contribution < -0.4 is 9.80 Å². The topological polar surface area (TPSA) is 6.48 Å². The molecule has 1 atom stereocenters. The van der Waals surface area contributed by atoms with Crippen LogP contribution in [0, 0.1) is 6.92 Å². The van der Waals surface area contributed by atoms with Gasteiger partial charge in [0.25, 0.3) is 0 Å². The summed E-state index contributed by atoms with van der Waals surface area (Å²) in [5, 5.41) is 0. The zero-order valence-electron chi connectivity index (χ0n) is 8.70. The number of anilines is 2. The Labute approximate surface area is 79.8 Å². The van der Waals surface area contributed by atoms with E-state index in [0.29, 0.717) is 6.17 Å². The average Bonchev–Trinajstić information content (AvgIpc) is 2.32. The number of nitrogens with zero attached hydrogens (tertiary/aromatic N) is 2. The first-order valence-electron chi connectivity index (χ1n) is 4.67. The zero-order chi connectivity index (χ0) is 9.59. The lowest BCUT2D eigenvalue weighted by atomic mass is 10.2. The van der Waals surface area contributed by atoms with Crippen molar-refractivity contribution in [1.82, 2.24) is 0 Å². The summed E-state index contributed by atoms with van der Waals surface area (Å²) < 4.78 is 0. The molecule has 0 saturated carbocycles. The maximum atomic E-state index is 2.31. The molecule has 0 aromatic heterocycles. The van der Waals surface area contributed by atoms with Gasteiger partial charge in [-0.05, 0) is 31.5 Å². The standard InChI is InChI=1S/C11H16N2/c1-8-5-6-10-11(7-8)13(4)9(2)12(10)3/h5-7,9H,1-4H3. The number of fused-ring (bicyclic) bond motifs is 1. The quantitative estimate of drug-likeness (QED) is 0.598. The van der Waals surface area contributed by atoms with Gasteiger partial charge >= 0.3 is 0 Å². The van der Waals surface area contributed by atoms with Gasteiger partial charge in [0.1, 0.15) is 0 Å². The summed E-state index contributed by atoms with van der Waals surface area (Å²) >= 11 is 0. The number of hydrogen-bond donors (Lipinski definition) is 0. The predicted molar refractivity (Wildman–Crippen MR) is 57.4 cm³/mol. The van der Waals surface area contributed by atoms with Crippen LogP contribution in [0.4, 0.5) is 11.4 Å². The molecule has 70 valence electrons. The number of rotatable bonds is 0. The van der Waals surface area contributed by atoms with Crippen molar-refractivity contribution in [2.45, 2.75) is 20.0 Å². The van der Waals surface area contributed by atoms with Gasteiger partial charge in [-0.2, -0.15) is 0 Å². The number of hydrogen-bond acceptors (Lipinski definition) is 2. The van der Waals surface area contributed by atoms with Gasteiger partial charge < -0.3 is 9.80 Å². The molecule has 1 aromatic rings. The molecule has 0 spiro atoms. The van der Waals surface area contributed by atoms with E-state index in [1.54, 1.807) is 0 Å². The Hall–Kier alpha value is -1.18. The van der Waals surface area contributed by atoms with Crippen molar-refractivity contribution in [2.24, 2.45) is 0 Å². The maximum Gasteiger partial charge on any atom is 0.0982 e. The van der Waals surface area contributed by atoms with Gasteiger partial charge in [-0.15, -0.1) is 0 Å². The SMILES string of the molecule is Cc1ccc2c(c1)N(C)C(C)N2C. The molecule has 0 bridgehead atoms. The molecular formula is C11H16N2. The molecular weight excluding hydrogens is 160 g/mol. The second kappa shape index (κ2) is 2.66. The van der Waals surface area contributed by atoms with Crippen molar-refractivity contribution in [1.29, 1.82) is 0 Å². The molecule has 0 amide bonds. The van der Waals surface area contributed by atoms with Gasteiger partial charge in [0.15, 0.2) is 0 Å². The first-order chi connectivity index (χ1) is 6.11. The lowest BCUT2D eigenvalue weighted by Crippen LogP contribution is -2.35. The first kappa shape index (κ1) is 8.42. The fourth-order valence-electron chi connectivity index (χ4n) is 1.88. The molecule has 2 heteroatoms. The van der Waals surface area contributed by atoms with Crippen LogP contribution in [-0.4, -0.2) is 20.3 Å². The van der Waals surface area contributed by atoms with E-state index in [9.17, 15) is 0 Å². The van der Waals surface area contributed by atoms with Crippen LogP contribution in [0.3, 0.4) is 0 Å². The van der Waals surface area contributed by atoms with E-state index in [1.165, 1.54) is 16.9 Å². The molecule has 2 nitrogen and oxygen atoms in total. The molecule has 0 saturated heterocycles. The Morgan fingerprint density at radius 2 is 1.69 bits per heavy atom.